The maximum Gasteiger partial charge on any atom is 0.333 e. The highest BCUT2D eigenvalue weighted by atomic mass is 16.1. The minimum atomic E-state index is -0.302. The molecule has 0 saturated heterocycles. The molecule has 4 rings (SSSR count). The van der Waals surface area contributed by atoms with E-state index < -0.39 is 0 Å². The van der Waals surface area contributed by atoms with E-state index in [1.807, 2.05) is 48.5 Å². The van der Waals surface area contributed by atoms with E-state index in [0.717, 1.165) is 11.1 Å². The van der Waals surface area contributed by atoms with Gasteiger partial charge in [0.1, 0.15) is 0 Å². The first-order valence-electron chi connectivity index (χ1n) is 7.95. The Hall–Kier alpha value is -3.98. The van der Waals surface area contributed by atoms with Crippen molar-refractivity contribution in [3.05, 3.63) is 82.4 Å². The topological polar surface area (TPSA) is 87.4 Å². The van der Waals surface area contributed by atoms with Gasteiger partial charge in [-0.2, -0.15) is 5.26 Å². The Balaban J connectivity index is 1.78. The smallest absolute Gasteiger partial charge is 0.288 e. The molecule has 6 heteroatoms. The molecule has 0 amide bonds. The first-order chi connectivity index (χ1) is 12.7. The first kappa shape index (κ1) is 15.5. The van der Waals surface area contributed by atoms with Crippen molar-refractivity contribution >= 4 is 23.6 Å². The van der Waals surface area contributed by atoms with Crippen LogP contribution in [0.5, 0.6) is 0 Å². The third kappa shape index (κ3) is 2.89. The molecule has 2 aromatic carbocycles. The van der Waals surface area contributed by atoms with Crippen LogP contribution in [0.3, 0.4) is 0 Å². The Morgan fingerprint density at radius 3 is 2.58 bits per heavy atom. The molecule has 2 aromatic heterocycles. The van der Waals surface area contributed by atoms with E-state index in [-0.39, 0.29) is 5.69 Å². The maximum atomic E-state index is 12.2. The molecule has 0 aliphatic rings. The SMILES string of the molecule is N#Cc1ccc(-c2cnc3[nH]c(=O)n(C=Cc4ccccc4)c3n2)cc1. The fourth-order valence-electron chi connectivity index (χ4n) is 2.61. The van der Waals surface area contributed by atoms with Crippen molar-refractivity contribution in [1.82, 2.24) is 19.5 Å². The van der Waals surface area contributed by atoms with Gasteiger partial charge in [0.15, 0.2) is 11.3 Å². The molecule has 6 nitrogen and oxygen atoms in total. The summed E-state index contributed by atoms with van der Waals surface area (Å²) in [5, 5.41) is 8.90. The predicted molar refractivity (Wildman–Crippen MR) is 100.0 cm³/mol. The Morgan fingerprint density at radius 1 is 1.08 bits per heavy atom. The Bertz CT molecular complexity index is 1200. The average molecular weight is 339 g/mol. The van der Waals surface area contributed by atoms with Crippen LogP contribution in [0.25, 0.3) is 34.8 Å². The molecular weight excluding hydrogens is 326 g/mol. The lowest BCUT2D eigenvalue weighted by Gasteiger charge is -2.01. The summed E-state index contributed by atoms with van der Waals surface area (Å²) in [5.74, 6) is 0. The van der Waals surface area contributed by atoms with Crippen molar-refractivity contribution in [3.8, 4) is 17.3 Å². The highest BCUT2D eigenvalue weighted by Crippen LogP contribution is 2.19. The number of hydrogen-bond acceptors (Lipinski definition) is 4. The van der Waals surface area contributed by atoms with Gasteiger partial charge in [0.05, 0.1) is 23.5 Å². The van der Waals surface area contributed by atoms with Crippen molar-refractivity contribution in [2.24, 2.45) is 0 Å². The zero-order chi connectivity index (χ0) is 17.9. The maximum absolute atomic E-state index is 12.2. The molecule has 0 spiro atoms. The van der Waals surface area contributed by atoms with E-state index in [9.17, 15) is 4.79 Å². The van der Waals surface area contributed by atoms with Crippen LogP contribution in [-0.2, 0) is 0 Å². The first-order valence-corrected chi connectivity index (χ1v) is 7.95. The summed E-state index contributed by atoms with van der Waals surface area (Å²) in [7, 11) is 0. The summed E-state index contributed by atoms with van der Waals surface area (Å²) in [6.45, 7) is 0. The van der Waals surface area contributed by atoms with Crippen LogP contribution < -0.4 is 5.69 Å². The van der Waals surface area contributed by atoms with Gasteiger partial charge in [0.25, 0.3) is 0 Å². The van der Waals surface area contributed by atoms with Gasteiger partial charge in [-0.3, -0.25) is 4.98 Å². The van der Waals surface area contributed by atoms with Crippen molar-refractivity contribution in [1.29, 1.82) is 5.26 Å². The number of hydrogen-bond donors (Lipinski definition) is 1. The quantitative estimate of drug-likeness (QED) is 0.620. The zero-order valence-electron chi connectivity index (χ0n) is 13.6. The number of H-pyrrole nitrogens is 1. The van der Waals surface area contributed by atoms with Gasteiger partial charge in [0, 0.05) is 11.8 Å². The van der Waals surface area contributed by atoms with Gasteiger partial charge < -0.3 is 0 Å². The lowest BCUT2D eigenvalue weighted by atomic mass is 10.1. The van der Waals surface area contributed by atoms with E-state index in [2.05, 4.69) is 21.0 Å². The van der Waals surface area contributed by atoms with Gasteiger partial charge in [-0.15, -0.1) is 0 Å². The average Bonchev–Trinajstić information content (AvgIpc) is 3.01. The van der Waals surface area contributed by atoms with E-state index >= 15 is 0 Å². The number of fused-ring (bicyclic) bond motifs is 1. The Kier molecular flexibility index (Phi) is 3.88. The predicted octanol–water partition coefficient (Wildman–Crippen LogP) is 3.29. The Labute approximate surface area is 148 Å². The summed E-state index contributed by atoms with van der Waals surface area (Å²) in [4.78, 5) is 23.8. The van der Waals surface area contributed by atoms with Crippen LogP contribution in [-0.4, -0.2) is 19.5 Å². The van der Waals surface area contributed by atoms with Crippen LogP contribution in [0.4, 0.5) is 0 Å². The summed E-state index contributed by atoms with van der Waals surface area (Å²) >= 11 is 0. The molecule has 0 bridgehead atoms. The molecule has 1 N–H and O–H groups in total. The molecule has 124 valence electrons. The van der Waals surface area contributed by atoms with E-state index in [0.29, 0.717) is 22.6 Å². The Morgan fingerprint density at radius 2 is 1.85 bits per heavy atom. The van der Waals surface area contributed by atoms with E-state index in [1.165, 1.54) is 4.57 Å². The third-order valence-electron chi connectivity index (χ3n) is 3.95. The van der Waals surface area contributed by atoms with Crippen molar-refractivity contribution in [3.63, 3.8) is 0 Å². The molecule has 0 radical (unpaired) electrons. The van der Waals surface area contributed by atoms with Crippen LogP contribution in [0.2, 0.25) is 0 Å². The highest BCUT2D eigenvalue weighted by molar-refractivity contribution is 5.75. The van der Waals surface area contributed by atoms with Gasteiger partial charge >= 0.3 is 5.69 Å². The number of imidazole rings is 1. The molecule has 26 heavy (non-hydrogen) atoms. The van der Waals surface area contributed by atoms with Gasteiger partial charge in [-0.05, 0) is 23.8 Å². The van der Waals surface area contributed by atoms with Crippen LogP contribution >= 0.6 is 0 Å². The molecule has 0 fully saturated rings. The summed E-state index contributed by atoms with van der Waals surface area (Å²) in [5.41, 5.74) is 3.57. The lowest BCUT2D eigenvalue weighted by Crippen LogP contribution is -2.11. The van der Waals surface area contributed by atoms with Gasteiger partial charge in [-0.25, -0.2) is 19.3 Å². The normalized spacial score (nSPS) is 11.0. The standard InChI is InChI=1S/C20H13N5O/c21-12-15-6-8-16(9-7-15)17-13-22-18-19(23-17)25(20(26)24-18)11-10-14-4-2-1-3-5-14/h1-11,13H,(H,22,24,26). The number of rotatable bonds is 3. The van der Waals surface area contributed by atoms with Crippen molar-refractivity contribution in [2.75, 3.05) is 0 Å². The van der Waals surface area contributed by atoms with Crippen molar-refractivity contribution < 1.29 is 0 Å². The molecule has 0 aliphatic heterocycles. The second kappa shape index (κ2) is 6.49. The molecule has 0 saturated carbocycles. The molecule has 0 unspecified atom stereocenters. The van der Waals surface area contributed by atoms with Crippen molar-refractivity contribution in [2.45, 2.75) is 0 Å². The molecule has 0 aliphatic carbocycles. The summed E-state index contributed by atoms with van der Waals surface area (Å²) in [6.07, 6.45) is 5.11. The number of nitrogens with one attached hydrogen (secondary N) is 1. The molecule has 4 aromatic rings. The second-order valence-electron chi connectivity index (χ2n) is 5.64. The van der Waals surface area contributed by atoms with Crippen LogP contribution in [0.15, 0.2) is 65.6 Å². The number of aromatic nitrogens is 4. The fourth-order valence-corrected chi connectivity index (χ4v) is 2.61. The lowest BCUT2D eigenvalue weighted by molar-refractivity contribution is 1.06. The summed E-state index contributed by atoms with van der Waals surface area (Å²) < 4.78 is 1.43. The zero-order valence-corrected chi connectivity index (χ0v) is 13.6. The molecule has 2 heterocycles. The molecular formula is C20H13N5O. The minimum absolute atomic E-state index is 0.302. The van der Waals surface area contributed by atoms with Crippen LogP contribution in [0.1, 0.15) is 11.1 Å². The van der Waals surface area contributed by atoms with Crippen LogP contribution in [0, 0.1) is 11.3 Å². The monoisotopic (exact) mass is 339 g/mol. The van der Waals surface area contributed by atoms with Gasteiger partial charge in [-0.1, -0.05) is 42.5 Å². The third-order valence-corrected chi connectivity index (χ3v) is 3.95. The molecule has 0 atom stereocenters. The minimum Gasteiger partial charge on any atom is -0.288 e. The van der Waals surface area contributed by atoms with Gasteiger partial charge in [0.2, 0.25) is 0 Å². The number of nitrogens with zero attached hydrogens (tertiary/aromatic N) is 4. The summed E-state index contributed by atoms with van der Waals surface area (Å²) in [6, 6.07) is 18.8. The van der Waals surface area contributed by atoms with E-state index in [1.54, 1.807) is 24.5 Å². The van der Waals surface area contributed by atoms with E-state index in [4.69, 9.17) is 5.26 Å². The number of aromatic amines is 1. The second-order valence-corrected chi connectivity index (χ2v) is 5.64. The number of nitriles is 1. The fraction of sp³-hybridized carbons (Fsp3) is 0. The number of benzene rings is 2. The highest BCUT2D eigenvalue weighted by Gasteiger charge is 2.09. The largest absolute Gasteiger partial charge is 0.333 e.